The summed E-state index contributed by atoms with van der Waals surface area (Å²) in [6.07, 6.45) is 5.80. The van der Waals surface area contributed by atoms with E-state index in [1.165, 1.54) is 4.70 Å². The van der Waals surface area contributed by atoms with Gasteiger partial charge in [0.25, 0.3) is 0 Å². The minimum Gasteiger partial charge on any atom is -0.257 e. The molecule has 26 heavy (non-hydrogen) atoms. The number of halogens is 1. The van der Waals surface area contributed by atoms with Crippen LogP contribution in [0.15, 0.2) is 88.3 Å². The summed E-state index contributed by atoms with van der Waals surface area (Å²) in [5, 5.41) is 1.02. The summed E-state index contributed by atoms with van der Waals surface area (Å²) < 4.78 is 2.27. The summed E-state index contributed by atoms with van der Waals surface area (Å²) in [6.45, 7) is 0. The van der Waals surface area contributed by atoms with Crippen LogP contribution in [0.4, 0.5) is 5.69 Å². The van der Waals surface area contributed by atoms with Crippen LogP contribution >= 0.6 is 27.3 Å². The number of hydrogen-bond acceptors (Lipinski definition) is 3. The second-order valence-electron chi connectivity index (χ2n) is 5.73. The van der Waals surface area contributed by atoms with Gasteiger partial charge in [0.1, 0.15) is 5.01 Å². The van der Waals surface area contributed by atoms with Gasteiger partial charge in [-0.1, -0.05) is 58.4 Å². The highest BCUT2D eigenvalue weighted by Gasteiger charge is 2.05. The predicted molar refractivity (Wildman–Crippen MR) is 116 cm³/mol. The van der Waals surface area contributed by atoms with Crippen molar-refractivity contribution in [1.82, 2.24) is 4.98 Å². The number of para-hydroxylation sites is 1. The standard InChI is InChI=1S/C22H15BrN2S/c23-18-9-3-6-16(14-18)7-5-13-24-19-10-4-8-17(15-19)22-25-20-11-1-2-12-21(20)26-22/h1-15H/b7-5+,24-13?. The maximum Gasteiger partial charge on any atom is 0.124 e. The Morgan fingerprint density at radius 1 is 0.923 bits per heavy atom. The third kappa shape index (κ3) is 3.98. The molecule has 3 aromatic carbocycles. The molecule has 4 aromatic rings. The molecule has 2 nitrogen and oxygen atoms in total. The molecule has 4 heteroatoms. The summed E-state index contributed by atoms with van der Waals surface area (Å²) in [6, 6.07) is 24.5. The molecule has 0 aliphatic heterocycles. The molecule has 0 amide bonds. The molecule has 4 rings (SSSR count). The fourth-order valence-corrected chi connectivity index (χ4v) is 3.99. The first kappa shape index (κ1) is 16.9. The van der Waals surface area contributed by atoms with Gasteiger partial charge >= 0.3 is 0 Å². The third-order valence-electron chi connectivity index (χ3n) is 3.83. The Labute approximate surface area is 164 Å². The monoisotopic (exact) mass is 418 g/mol. The molecule has 0 saturated heterocycles. The predicted octanol–water partition coefficient (Wildman–Crippen LogP) is 7.14. The molecule has 0 N–H and O–H groups in total. The topological polar surface area (TPSA) is 25.2 Å². The second kappa shape index (κ2) is 7.77. The number of benzene rings is 3. The molecule has 0 unspecified atom stereocenters. The van der Waals surface area contributed by atoms with Gasteiger partial charge in [0.05, 0.1) is 15.9 Å². The number of aromatic nitrogens is 1. The van der Waals surface area contributed by atoms with Crippen LogP contribution in [0.2, 0.25) is 0 Å². The van der Waals surface area contributed by atoms with Crippen LogP contribution in [-0.4, -0.2) is 11.2 Å². The van der Waals surface area contributed by atoms with Crippen LogP contribution in [0.5, 0.6) is 0 Å². The summed E-state index contributed by atoms with van der Waals surface area (Å²) in [7, 11) is 0. The summed E-state index contributed by atoms with van der Waals surface area (Å²) in [4.78, 5) is 9.25. The number of nitrogens with zero attached hydrogens (tertiary/aromatic N) is 2. The van der Waals surface area contributed by atoms with Crippen molar-refractivity contribution in [1.29, 1.82) is 0 Å². The van der Waals surface area contributed by atoms with E-state index in [9.17, 15) is 0 Å². The van der Waals surface area contributed by atoms with Gasteiger partial charge in [-0.3, -0.25) is 4.99 Å². The van der Waals surface area contributed by atoms with Crippen LogP contribution < -0.4 is 0 Å². The normalized spacial score (nSPS) is 11.7. The van der Waals surface area contributed by atoms with E-state index in [-0.39, 0.29) is 0 Å². The Bertz CT molecular complexity index is 1080. The lowest BCUT2D eigenvalue weighted by Gasteiger charge is -1.97. The maximum atomic E-state index is 4.72. The largest absolute Gasteiger partial charge is 0.257 e. The second-order valence-corrected chi connectivity index (χ2v) is 7.68. The highest BCUT2D eigenvalue weighted by molar-refractivity contribution is 9.10. The number of fused-ring (bicyclic) bond motifs is 1. The van der Waals surface area contributed by atoms with Crippen molar-refractivity contribution in [3.8, 4) is 10.6 Å². The Hall–Kier alpha value is -2.56. The molecular formula is C22H15BrN2S. The molecule has 0 radical (unpaired) electrons. The average molecular weight is 419 g/mol. The first-order valence-electron chi connectivity index (χ1n) is 8.20. The number of aliphatic imine (C=N–C) groups is 1. The van der Waals surface area contributed by atoms with Crippen LogP contribution in [-0.2, 0) is 0 Å². The van der Waals surface area contributed by atoms with E-state index in [4.69, 9.17) is 4.98 Å². The van der Waals surface area contributed by atoms with E-state index in [1.807, 2.05) is 60.8 Å². The number of rotatable bonds is 4. The van der Waals surface area contributed by atoms with Crippen molar-refractivity contribution in [2.75, 3.05) is 0 Å². The lowest BCUT2D eigenvalue weighted by Crippen LogP contribution is -1.76. The number of thiazole rings is 1. The third-order valence-corrected chi connectivity index (χ3v) is 5.41. The molecule has 0 saturated carbocycles. The molecular weight excluding hydrogens is 404 g/mol. The minimum atomic E-state index is 0.917. The Balaban J connectivity index is 1.54. The van der Waals surface area contributed by atoms with E-state index in [1.54, 1.807) is 11.3 Å². The zero-order valence-corrected chi connectivity index (χ0v) is 16.2. The van der Waals surface area contributed by atoms with Gasteiger partial charge in [0.15, 0.2) is 0 Å². The van der Waals surface area contributed by atoms with Gasteiger partial charge in [-0.25, -0.2) is 4.98 Å². The molecule has 1 heterocycles. The fourth-order valence-electron chi connectivity index (χ4n) is 2.61. The first-order valence-corrected chi connectivity index (χ1v) is 9.81. The van der Waals surface area contributed by atoms with Crippen LogP contribution in [0, 0.1) is 0 Å². The summed E-state index contributed by atoms with van der Waals surface area (Å²) in [5.74, 6) is 0. The number of hydrogen-bond donors (Lipinski definition) is 0. The van der Waals surface area contributed by atoms with Crippen molar-refractivity contribution in [2.24, 2.45) is 4.99 Å². The van der Waals surface area contributed by atoms with Crippen molar-refractivity contribution in [3.05, 3.63) is 88.9 Å². The molecule has 0 spiro atoms. The van der Waals surface area contributed by atoms with Gasteiger partial charge in [0.2, 0.25) is 0 Å². The highest BCUT2D eigenvalue weighted by Crippen LogP contribution is 2.31. The van der Waals surface area contributed by atoms with E-state index < -0.39 is 0 Å². The van der Waals surface area contributed by atoms with Gasteiger partial charge in [-0.05, 0) is 48.0 Å². The fraction of sp³-hybridized carbons (Fsp3) is 0. The van der Waals surface area contributed by atoms with Gasteiger partial charge in [-0.15, -0.1) is 11.3 Å². The Kier molecular flexibility index (Phi) is 5.04. The molecule has 0 aliphatic rings. The lowest BCUT2D eigenvalue weighted by molar-refractivity contribution is 1.46. The maximum absolute atomic E-state index is 4.72. The molecule has 0 aliphatic carbocycles. The quantitative estimate of drug-likeness (QED) is 0.323. The van der Waals surface area contributed by atoms with Gasteiger partial charge < -0.3 is 0 Å². The number of allylic oxidation sites excluding steroid dienone is 1. The van der Waals surface area contributed by atoms with E-state index in [2.05, 4.69) is 51.3 Å². The SMILES string of the molecule is Brc1cccc(/C=C/C=Nc2cccc(-c3nc4ccccc4s3)c2)c1. The van der Waals surface area contributed by atoms with Crippen molar-refractivity contribution in [3.63, 3.8) is 0 Å². The molecule has 0 atom stereocenters. The highest BCUT2D eigenvalue weighted by atomic mass is 79.9. The molecule has 0 bridgehead atoms. The Morgan fingerprint density at radius 3 is 2.69 bits per heavy atom. The van der Waals surface area contributed by atoms with Crippen LogP contribution in [0.25, 0.3) is 26.9 Å². The summed E-state index contributed by atoms with van der Waals surface area (Å²) in [5.41, 5.74) is 4.19. The van der Waals surface area contributed by atoms with E-state index >= 15 is 0 Å². The van der Waals surface area contributed by atoms with Gasteiger partial charge in [-0.2, -0.15) is 0 Å². The average Bonchev–Trinajstić information content (AvgIpc) is 3.10. The zero-order valence-electron chi connectivity index (χ0n) is 13.8. The lowest BCUT2D eigenvalue weighted by atomic mass is 10.2. The van der Waals surface area contributed by atoms with E-state index in [0.717, 1.165) is 31.8 Å². The zero-order chi connectivity index (χ0) is 17.8. The molecule has 1 aromatic heterocycles. The van der Waals surface area contributed by atoms with E-state index in [0.29, 0.717) is 0 Å². The molecule has 0 fully saturated rings. The summed E-state index contributed by atoms with van der Waals surface area (Å²) >= 11 is 5.18. The smallest absolute Gasteiger partial charge is 0.124 e. The molecule has 126 valence electrons. The van der Waals surface area contributed by atoms with Crippen molar-refractivity contribution in [2.45, 2.75) is 0 Å². The van der Waals surface area contributed by atoms with Crippen LogP contribution in [0.3, 0.4) is 0 Å². The minimum absolute atomic E-state index is 0.917. The first-order chi connectivity index (χ1) is 12.8. The van der Waals surface area contributed by atoms with Crippen molar-refractivity contribution < 1.29 is 0 Å². The van der Waals surface area contributed by atoms with Gasteiger partial charge in [0, 0.05) is 16.3 Å². The Morgan fingerprint density at radius 2 is 1.81 bits per heavy atom. The van der Waals surface area contributed by atoms with Crippen molar-refractivity contribution >= 4 is 55.5 Å². The van der Waals surface area contributed by atoms with Crippen LogP contribution in [0.1, 0.15) is 5.56 Å².